The molecular formula is C16H20N4O2. The van der Waals surface area contributed by atoms with Gasteiger partial charge >= 0.3 is 0 Å². The molecule has 1 amide bonds. The van der Waals surface area contributed by atoms with Crippen molar-refractivity contribution in [2.45, 2.75) is 12.5 Å². The predicted octanol–water partition coefficient (Wildman–Crippen LogP) is 0.962. The minimum absolute atomic E-state index is 0.0941. The molecule has 1 aliphatic heterocycles. The fourth-order valence-corrected chi connectivity index (χ4v) is 2.54. The van der Waals surface area contributed by atoms with Gasteiger partial charge in [-0.15, -0.1) is 0 Å². The summed E-state index contributed by atoms with van der Waals surface area (Å²) < 4.78 is 5.41. The molecule has 1 atom stereocenters. The van der Waals surface area contributed by atoms with E-state index in [0.29, 0.717) is 31.1 Å². The van der Waals surface area contributed by atoms with E-state index in [-0.39, 0.29) is 11.9 Å². The molecule has 0 radical (unpaired) electrons. The lowest BCUT2D eigenvalue weighted by Gasteiger charge is -2.26. The van der Waals surface area contributed by atoms with Crippen molar-refractivity contribution in [3.05, 3.63) is 53.7 Å². The number of carbonyl (C=O) groups is 1. The molecule has 1 aliphatic rings. The summed E-state index contributed by atoms with van der Waals surface area (Å²) >= 11 is 0. The van der Waals surface area contributed by atoms with Crippen molar-refractivity contribution in [1.82, 2.24) is 15.2 Å². The molecule has 6 nitrogen and oxygen atoms in total. The molecule has 1 saturated heterocycles. The number of oxazole rings is 1. The van der Waals surface area contributed by atoms with Crippen molar-refractivity contribution in [2.75, 3.05) is 26.2 Å². The van der Waals surface area contributed by atoms with Gasteiger partial charge in [-0.1, -0.05) is 30.3 Å². The van der Waals surface area contributed by atoms with Gasteiger partial charge < -0.3 is 20.4 Å². The number of rotatable bonds is 4. The lowest BCUT2D eigenvalue weighted by Crippen LogP contribution is -2.46. The van der Waals surface area contributed by atoms with Crippen LogP contribution < -0.4 is 11.1 Å². The van der Waals surface area contributed by atoms with Crippen molar-refractivity contribution >= 4 is 5.91 Å². The highest BCUT2D eigenvalue weighted by molar-refractivity contribution is 5.92. The zero-order chi connectivity index (χ0) is 15.4. The molecule has 2 aromatic rings. The van der Waals surface area contributed by atoms with Gasteiger partial charge in [0.1, 0.15) is 6.26 Å². The summed E-state index contributed by atoms with van der Waals surface area (Å²) in [5.74, 6) is 0.311. The maximum Gasteiger partial charge on any atom is 0.275 e. The minimum Gasteiger partial charge on any atom is -0.446 e. The summed E-state index contributed by atoms with van der Waals surface area (Å²) in [5.41, 5.74) is 7.58. The summed E-state index contributed by atoms with van der Waals surface area (Å²) in [5, 5.41) is 3.21. The van der Waals surface area contributed by atoms with Crippen LogP contribution in [-0.2, 0) is 6.42 Å². The Balaban J connectivity index is 1.66. The Hall–Kier alpha value is -2.18. The molecule has 0 bridgehead atoms. The van der Waals surface area contributed by atoms with E-state index in [1.54, 1.807) is 4.90 Å². The standard InChI is InChI=1S/C16H20N4O2/c17-13(10-12-4-2-1-3-5-12)15-19-14(11-22-15)16(21)20-8-6-18-7-9-20/h1-5,11,13,18H,6-10,17H2. The first-order valence-electron chi connectivity index (χ1n) is 7.49. The zero-order valence-corrected chi connectivity index (χ0v) is 12.4. The molecule has 0 saturated carbocycles. The zero-order valence-electron chi connectivity index (χ0n) is 12.4. The van der Waals surface area contributed by atoms with Crippen molar-refractivity contribution in [3.63, 3.8) is 0 Å². The monoisotopic (exact) mass is 300 g/mol. The number of nitrogens with two attached hydrogens (primary N) is 1. The highest BCUT2D eigenvalue weighted by Crippen LogP contribution is 2.16. The lowest BCUT2D eigenvalue weighted by atomic mass is 10.1. The average molecular weight is 300 g/mol. The molecule has 0 spiro atoms. The van der Waals surface area contributed by atoms with Crippen molar-refractivity contribution in [3.8, 4) is 0 Å². The Morgan fingerprint density at radius 1 is 1.32 bits per heavy atom. The molecule has 3 N–H and O–H groups in total. The van der Waals surface area contributed by atoms with Crippen LogP contribution in [0.15, 0.2) is 41.0 Å². The first-order valence-corrected chi connectivity index (χ1v) is 7.49. The second-order valence-corrected chi connectivity index (χ2v) is 5.41. The number of hydrogen-bond acceptors (Lipinski definition) is 5. The van der Waals surface area contributed by atoms with Gasteiger partial charge in [0.2, 0.25) is 5.89 Å². The summed E-state index contributed by atoms with van der Waals surface area (Å²) in [4.78, 5) is 18.4. The van der Waals surface area contributed by atoms with Crippen LogP contribution in [0.3, 0.4) is 0 Å². The van der Waals surface area contributed by atoms with Crippen LogP contribution >= 0.6 is 0 Å². The molecule has 2 heterocycles. The van der Waals surface area contributed by atoms with E-state index < -0.39 is 0 Å². The molecule has 22 heavy (non-hydrogen) atoms. The molecule has 1 aromatic carbocycles. The van der Waals surface area contributed by atoms with Gasteiger partial charge in [0, 0.05) is 26.2 Å². The third-order valence-corrected chi connectivity index (χ3v) is 3.76. The summed E-state index contributed by atoms with van der Waals surface area (Å²) in [6.45, 7) is 3.00. The third kappa shape index (κ3) is 3.35. The molecular weight excluding hydrogens is 280 g/mol. The molecule has 116 valence electrons. The van der Waals surface area contributed by atoms with Gasteiger partial charge in [-0.3, -0.25) is 4.79 Å². The maximum atomic E-state index is 12.3. The van der Waals surface area contributed by atoms with E-state index in [0.717, 1.165) is 18.7 Å². The smallest absolute Gasteiger partial charge is 0.275 e. The molecule has 3 rings (SSSR count). The Labute approximate surface area is 129 Å². The van der Waals surface area contributed by atoms with Gasteiger partial charge in [0.25, 0.3) is 5.91 Å². The van der Waals surface area contributed by atoms with Crippen LogP contribution in [-0.4, -0.2) is 42.0 Å². The highest BCUT2D eigenvalue weighted by Gasteiger charge is 2.22. The van der Waals surface area contributed by atoms with Crippen LogP contribution in [0, 0.1) is 0 Å². The first kappa shape index (κ1) is 14.7. The number of benzene rings is 1. The average Bonchev–Trinajstić information content (AvgIpc) is 3.06. The molecule has 1 aromatic heterocycles. The summed E-state index contributed by atoms with van der Waals surface area (Å²) in [6, 6.07) is 9.57. The molecule has 1 unspecified atom stereocenters. The second-order valence-electron chi connectivity index (χ2n) is 5.41. The first-order chi connectivity index (χ1) is 10.7. The van der Waals surface area contributed by atoms with Crippen LogP contribution in [0.1, 0.15) is 28.0 Å². The molecule has 1 fully saturated rings. The number of nitrogens with one attached hydrogen (secondary N) is 1. The number of carbonyl (C=O) groups excluding carboxylic acids is 1. The maximum absolute atomic E-state index is 12.3. The van der Waals surface area contributed by atoms with Crippen LogP contribution in [0.25, 0.3) is 0 Å². The molecule has 6 heteroatoms. The normalized spacial score (nSPS) is 16.5. The van der Waals surface area contributed by atoms with Gasteiger partial charge in [0.15, 0.2) is 5.69 Å². The van der Waals surface area contributed by atoms with Gasteiger partial charge in [-0.2, -0.15) is 0 Å². The number of hydrogen-bond donors (Lipinski definition) is 2. The van der Waals surface area contributed by atoms with E-state index in [1.807, 2.05) is 30.3 Å². The summed E-state index contributed by atoms with van der Waals surface area (Å²) in [7, 11) is 0. The van der Waals surface area contributed by atoms with Crippen LogP contribution in [0.5, 0.6) is 0 Å². The SMILES string of the molecule is NC(Cc1ccccc1)c1nc(C(=O)N2CCNCC2)co1. The van der Waals surface area contributed by atoms with Crippen molar-refractivity contribution in [2.24, 2.45) is 5.73 Å². The Bertz CT molecular complexity index is 620. The minimum atomic E-state index is -0.355. The molecule has 0 aliphatic carbocycles. The number of piperazine rings is 1. The van der Waals surface area contributed by atoms with E-state index in [4.69, 9.17) is 10.2 Å². The Morgan fingerprint density at radius 3 is 2.77 bits per heavy atom. The van der Waals surface area contributed by atoms with Crippen LogP contribution in [0.4, 0.5) is 0 Å². The predicted molar refractivity (Wildman–Crippen MR) is 82.4 cm³/mol. The number of aromatic nitrogens is 1. The quantitative estimate of drug-likeness (QED) is 0.878. The topological polar surface area (TPSA) is 84.4 Å². The van der Waals surface area contributed by atoms with Crippen molar-refractivity contribution < 1.29 is 9.21 Å². The van der Waals surface area contributed by atoms with Gasteiger partial charge in [0.05, 0.1) is 6.04 Å². The van der Waals surface area contributed by atoms with Crippen molar-refractivity contribution in [1.29, 1.82) is 0 Å². The van der Waals surface area contributed by atoms with Gasteiger partial charge in [-0.05, 0) is 12.0 Å². The summed E-state index contributed by atoms with van der Waals surface area (Å²) in [6.07, 6.45) is 2.03. The highest BCUT2D eigenvalue weighted by atomic mass is 16.3. The fourth-order valence-electron chi connectivity index (χ4n) is 2.54. The van der Waals surface area contributed by atoms with Crippen LogP contribution in [0.2, 0.25) is 0 Å². The fraction of sp³-hybridized carbons (Fsp3) is 0.375. The number of amides is 1. The van der Waals surface area contributed by atoms with E-state index in [9.17, 15) is 4.79 Å². The van der Waals surface area contributed by atoms with Gasteiger partial charge in [-0.25, -0.2) is 4.98 Å². The van der Waals surface area contributed by atoms with E-state index >= 15 is 0 Å². The Kier molecular flexibility index (Phi) is 4.50. The Morgan fingerprint density at radius 2 is 2.05 bits per heavy atom. The van der Waals surface area contributed by atoms with E-state index in [2.05, 4.69) is 10.3 Å². The third-order valence-electron chi connectivity index (χ3n) is 3.76. The number of nitrogens with zero attached hydrogens (tertiary/aromatic N) is 2. The second kappa shape index (κ2) is 6.72. The largest absolute Gasteiger partial charge is 0.446 e. The lowest BCUT2D eigenvalue weighted by molar-refractivity contribution is 0.0730. The van der Waals surface area contributed by atoms with E-state index in [1.165, 1.54) is 6.26 Å².